The summed E-state index contributed by atoms with van der Waals surface area (Å²) in [4.78, 5) is 26.0. The minimum absolute atomic E-state index is 0.0349. The number of rotatable bonds is 6. The van der Waals surface area contributed by atoms with E-state index in [1.807, 2.05) is 20.8 Å². The van der Waals surface area contributed by atoms with Gasteiger partial charge >= 0.3 is 5.69 Å². The summed E-state index contributed by atoms with van der Waals surface area (Å²) in [7, 11) is 1.44. The number of aromatic amines is 1. The van der Waals surface area contributed by atoms with E-state index in [0.717, 1.165) is 10.6 Å². The van der Waals surface area contributed by atoms with E-state index in [2.05, 4.69) is 9.71 Å². The zero-order valence-corrected chi connectivity index (χ0v) is 19.8. The second-order valence-corrected chi connectivity index (χ2v) is 8.93. The molecule has 0 saturated carbocycles. The van der Waals surface area contributed by atoms with Crippen molar-refractivity contribution in [2.75, 3.05) is 18.1 Å². The second kappa shape index (κ2) is 9.66. The van der Waals surface area contributed by atoms with Gasteiger partial charge in [-0.2, -0.15) is 0 Å². The Hall–Kier alpha value is -3.33. The highest BCUT2D eigenvalue weighted by atomic mass is 32.2. The predicted molar refractivity (Wildman–Crippen MR) is 130 cm³/mol. The maximum Gasteiger partial charge on any atom is 0.333 e. The molecule has 0 atom stereocenters. The fraction of sp³-hybridized carbons (Fsp3) is 0.250. The van der Waals surface area contributed by atoms with Gasteiger partial charge in [-0.05, 0) is 35.3 Å². The van der Waals surface area contributed by atoms with Crippen LogP contribution >= 0.6 is 11.9 Å². The second-order valence-electron chi connectivity index (χ2n) is 8.31. The number of halogens is 2. The van der Waals surface area contributed by atoms with Crippen LogP contribution in [0.4, 0.5) is 14.5 Å². The van der Waals surface area contributed by atoms with Gasteiger partial charge in [0.15, 0.2) is 5.82 Å². The van der Waals surface area contributed by atoms with Gasteiger partial charge in [-0.1, -0.05) is 44.9 Å². The first-order chi connectivity index (χ1) is 15.6. The number of anilines is 1. The number of H-pyrrole nitrogens is 1. The molecule has 2 aromatic carbocycles. The molecule has 0 fully saturated rings. The Kier molecular flexibility index (Phi) is 7.12. The third kappa shape index (κ3) is 5.19. The summed E-state index contributed by atoms with van der Waals surface area (Å²) in [6, 6.07) is 7.30. The average Bonchev–Trinajstić information content (AvgIpc) is 2.74. The average molecular weight is 474 g/mol. The molecule has 2 N–H and O–H groups in total. The predicted octanol–water partition coefficient (Wildman–Crippen LogP) is 4.97. The Morgan fingerprint density at radius 1 is 1.12 bits per heavy atom. The van der Waals surface area contributed by atoms with Crippen molar-refractivity contribution in [3.8, 4) is 11.4 Å². The van der Waals surface area contributed by atoms with Gasteiger partial charge in [0.1, 0.15) is 11.6 Å². The number of benzene rings is 2. The fourth-order valence-electron chi connectivity index (χ4n) is 3.36. The molecule has 0 bridgehead atoms. The van der Waals surface area contributed by atoms with E-state index in [4.69, 9.17) is 4.74 Å². The van der Waals surface area contributed by atoms with E-state index in [-0.39, 0.29) is 11.3 Å². The molecule has 0 aliphatic carbocycles. The van der Waals surface area contributed by atoms with Gasteiger partial charge in [-0.3, -0.25) is 14.3 Å². The molecular weight excluding hydrogens is 448 g/mol. The highest BCUT2D eigenvalue weighted by molar-refractivity contribution is 7.99. The number of ether oxygens (including phenoxy) is 1. The van der Waals surface area contributed by atoms with Crippen molar-refractivity contribution in [1.82, 2.24) is 9.55 Å². The van der Waals surface area contributed by atoms with Crippen molar-refractivity contribution in [2.24, 2.45) is 0 Å². The van der Waals surface area contributed by atoms with Gasteiger partial charge in [0, 0.05) is 24.1 Å². The normalized spacial score (nSPS) is 11.7. The third-order valence-corrected chi connectivity index (χ3v) is 5.40. The van der Waals surface area contributed by atoms with Gasteiger partial charge < -0.3 is 9.46 Å². The summed E-state index contributed by atoms with van der Waals surface area (Å²) in [5, 5.41) is 0. The van der Waals surface area contributed by atoms with E-state index < -0.39 is 28.3 Å². The molecule has 9 heteroatoms. The minimum Gasteiger partial charge on any atom is -0.496 e. The molecule has 0 amide bonds. The van der Waals surface area contributed by atoms with Crippen molar-refractivity contribution >= 4 is 29.8 Å². The summed E-state index contributed by atoms with van der Waals surface area (Å²) in [6.07, 6.45) is 6.06. The number of aromatic nitrogens is 2. The smallest absolute Gasteiger partial charge is 0.333 e. The lowest BCUT2D eigenvalue weighted by atomic mass is 9.84. The monoisotopic (exact) mass is 473 g/mol. The molecule has 174 valence electrons. The summed E-state index contributed by atoms with van der Waals surface area (Å²) in [5.41, 5.74) is -0.216. The van der Waals surface area contributed by atoms with Crippen LogP contribution in [-0.2, 0) is 5.41 Å². The van der Waals surface area contributed by atoms with Crippen LogP contribution in [0.5, 0.6) is 5.75 Å². The zero-order valence-electron chi connectivity index (χ0n) is 19.0. The molecule has 0 radical (unpaired) electrons. The summed E-state index contributed by atoms with van der Waals surface area (Å²) < 4.78 is 39.5. The Bertz CT molecular complexity index is 1320. The van der Waals surface area contributed by atoms with Crippen molar-refractivity contribution in [3.63, 3.8) is 0 Å². The van der Waals surface area contributed by atoms with Crippen LogP contribution in [0.3, 0.4) is 0 Å². The highest BCUT2D eigenvalue weighted by Gasteiger charge is 2.26. The molecule has 6 nitrogen and oxygen atoms in total. The summed E-state index contributed by atoms with van der Waals surface area (Å²) in [6.45, 7) is 5.80. The first kappa shape index (κ1) is 24.3. The lowest BCUT2D eigenvalue weighted by molar-refractivity contribution is 0.392. The van der Waals surface area contributed by atoms with Gasteiger partial charge in [-0.15, -0.1) is 0 Å². The molecule has 3 aromatic rings. The quantitative estimate of drug-likeness (QED) is 0.391. The van der Waals surface area contributed by atoms with Crippen LogP contribution in [0.1, 0.15) is 37.5 Å². The number of hydrogen-bond acceptors (Lipinski definition) is 5. The summed E-state index contributed by atoms with van der Waals surface area (Å²) in [5.74, 6) is -0.854. The topological polar surface area (TPSA) is 76.1 Å². The van der Waals surface area contributed by atoms with Crippen LogP contribution in [-0.4, -0.2) is 22.9 Å². The molecule has 33 heavy (non-hydrogen) atoms. The van der Waals surface area contributed by atoms with E-state index in [1.165, 1.54) is 43.5 Å². The first-order valence-corrected chi connectivity index (χ1v) is 11.3. The Labute approximate surface area is 194 Å². The summed E-state index contributed by atoms with van der Waals surface area (Å²) >= 11 is 1.27. The van der Waals surface area contributed by atoms with Crippen molar-refractivity contribution in [2.45, 2.75) is 26.2 Å². The maximum atomic E-state index is 15.7. The number of nitrogens with zero attached hydrogens (tertiary/aromatic N) is 1. The standard InChI is InChI=1S/C24H25F2N3O3S/c1-24(2,3)16-13-19(29-11-10-20(30)27-23(29)31)21(26)15(22(16)32-4)8-6-14-7-9-18(28-33-5)17(25)12-14/h6-13,28H,1-5H3,(H,27,30,31)/b8-6+. The van der Waals surface area contributed by atoms with Crippen molar-refractivity contribution < 1.29 is 13.5 Å². The van der Waals surface area contributed by atoms with Crippen LogP contribution in [0.15, 0.2) is 46.1 Å². The van der Waals surface area contributed by atoms with Gasteiger partial charge in [0.25, 0.3) is 5.56 Å². The van der Waals surface area contributed by atoms with Gasteiger partial charge in [-0.25, -0.2) is 13.6 Å². The van der Waals surface area contributed by atoms with Gasteiger partial charge in [0.2, 0.25) is 0 Å². The molecule has 1 heterocycles. The molecule has 1 aromatic heterocycles. The molecule has 0 unspecified atom stereocenters. The minimum atomic E-state index is -0.764. The Morgan fingerprint density at radius 3 is 2.42 bits per heavy atom. The van der Waals surface area contributed by atoms with E-state index >= 15 is 4.39 Å². The number of methoxy groups -OCH3 is 1. The Balaban J connectivity index is 2.23. The maximum absolute atomic E-state index is 15.7. The van der Waals surface area contributed by atoms with Crippen LogP contribution in [0.25, 0.3) is 17.8 Å². The highest BCUT2D eigenvalue weighted by Crippen LogP contribution is 2.39. The van der Waals surface area contributed by atoms with Crippen LogP contribution in [0.2, 0.25) is 0 Å². The molecule has 0 spiro atoms. The zero-order chi connectivity index (χ0) is 24.3. The molecule has 0 aliphatic heterocycles. The van der Waals surface area contributed by atoms with E-state index in [0.29, 0.717) is 22.6 Å². The number of nitrogens with one attached hydrogen (secondary N) is 2. The van der Waals surface area contributed by atoms with E-state index in [9.17, 15) is 14.0 Å². The fourth-order valence-corrected chi connectivity index (χ4v) is 3.75. The van der Waals surface area contributed by atoms with Crippen molar-refractivity contribution in [1.29, 1.82) is 0 Å². The van der Waals surface area contributed by atoms with Crippen LogP contribution < -0.4 is 20.7 Å². The lowest BCUT2D eigenvalue weighted by Gasteiger charge is -2.25. The molecular formula is C24H25F2N3O3S. The molecule has 0 aliphatic rings. The largest absolute Gasteiger partial charge is 0.496 e. The van der Waals surface area contributed by atoms with Crippen molar-refractivity contribution in [3.05, 3.63) is 85.7 Å². The van der Waals surface area contributed by atoms with E-state index in [1.54, 1.807) is 24.5 Å². The molecule has 3 rings (SSSR count). The lowest BCUT2D eigenvalue weighted by Crippen LogP contribution is -2.28. The molecule has 0 saturated heterocycles. The SMILES string of the molecule is COc1c(C(C)(C)C)cc(-n2ccc(=O)[nH]c2=O)c(F)c1/C=C/c1ccc(NSC)c(F)c1. The number of hydrogen-bond donors (Lipinski definition) is 2. The third-order valence-electron chi connectivity index (χ3n) is 4.97. The Morgan fingerprint density at radius 2 is 1.85 bits per heavy atom. The van der Waals surface area contributed by atoms with Gasteiger partial charge in [0.05, 0.1) is 24.0 Å². The van der Waals surface area contributed by atoms with Crippen LogP contribution in [0, 0.1) is 11.6 Å². The first-order valence-electron chi connectivity index (χ1n) is 10.1.